The summed E-state index contributed by atoms with van der Waals surface area (Å²) in [5.74, 6) is 0. The van der Waals surface area contributed by atoms with Crippen molar-refractivity contribution in [3.8, 4) is 0 Å². The minimum absolute atomic E-state index is 0.656. The van der Waals surface area contributed by atoms with Crippen molar-refractivity contribution in [1.29, 1.82) is 0 Å². The number of hydrogen-bond acceptors (Lipinski definition) is 5. The predicted octanol–water partition coefficient (Wildman–Crippen LogP) is 2.20. The maximum Gasteiger partial charge on any atom is 0.183 e. The van der Waals surface area contributed by atoms with Gasteiger partial charge in [0.25, 0.3) is 0 Å². The summed E-state index contributed by atoms with van der Waals surface area (Å²) in [5, 5.41) is 4.53. The Kier molecular flexibility index (Phi) is 5.19. The molecule has 5 heteroatoms. The molecule has 0 aromatic carbocycles. The van der Waals surface area contributed by atoms with E-state index >= 15 is 0 Å². The summed E-state index contributed by atoms with van der Waals surface area (Å²) >= 11 is 1.76. The second-order valence-corrected chi connectivity index (χ2v) is 6.77. The highest BCUT2D eigenvalue weighted by Crippen LogP contribution is 2.21. The third kappa shape index (κ3) is 4.16. The summed E-state index contributed by atoms with van der Waals surface area (Å²) in [6.07, 6.45) is 1.18. The van der Waals surface area contributed by atoms with Gasteiger partial charge >= 0.3 is 0 Å². The quantitative estimate of drug-likeness (QED) is 0.897. The lowest BCUT2D eigenvalue weighted by Gasteiger charge is -2.36. The first-order valence-electron chi connectivity index (χ1n) is 7.16. The van der Waals surface area contributed by atoms with Crippen LogP contribution < -0.4 is 5.32 Å². The Morgan fingerprint density at radius 3 is 2.53 bits per heavy atom. The summed E-state index contributed by atoms with van der Waals surface area (Å²) in [6.45, 7) is 12.4. The fourth-order valence-corrected chi connectivity index (χ4v) is 3.22. The van der Waals surface area contributed by atoms with Crippen LogP contribution in [0.3, 0.4) is 0 Å². The average molecular weight is 282 g/mol. The Bertz CT molecular complexity index is 377. The Morgan fingerprint density at radius 2 is 1.95 bits per heavy atom. The third-order valence-electron chi connectivity index (χ3n) is 4.03. The zero-order chi connectivity index (χ0) is 13.8. The average Bonchev–Trinajstić information content (AvgIpc) is 2.69. The highest BCUT2D eigenvalue weighted by atomic mass is 32.1. The molecule has 4 nitrogen and oxygen atoms in total. The van der Waals surface area contributed by atoms with Crippen molar-refractivity contribution < 1.29 is 0 Å². The lowest BCUT2D eigenvalue weighted by molar-refractivity contribution is 0.116. The molecule has 0 amide bonds. The molecule has 108 valence electrons. The number of thiazole rings is 1. The van der Waals surface area contributed by atoms with Gasteiger partial charge in [-0.3, -0.25) is 4.90 Å². The first-order chi connectivity index (χ1) is 9.06. The standard InChI is InChI=1S/C14H26N4S/c1-11(18-9-7-17(4)8-10-18)5-6-15-14-16-12(2)13(3)19-14/h11H,5-10H2,1-4H3,(H,15,16)/t11-/m0/s1. The third-order valence-corrected chi connectivity index (χ3v) is 5.06. The molecule has 1 aliphatic heterocycles. The molecule has 0 spiro atoms. The lowest BCUT2D eigenvalue weighted by atomic mass is 10.2. The highest BCUT2D eigenvalue weighted by Gasteiger charge is 2.18. The van der Waals surface area contributed by atoms with Crippen LogP contribution in [0.15, 0.2) is 0 Å². The zero-order valence-electron chi connectivity index (χ0n) is 12.6. The van der Waals surface area contributed by atoms with E-state index in [4.69, 9.17) is 0 Å². The van der Waals surface area contributed by atoms with E-state index in [1.54, 1.807) is 11.3 Å². The van der Waals surface area contributed by atoms with Crippen molar-refractivity contribution in [2.45, 2.75) is 33.2 Å². The molecule has 2 rings (SSSR count). The fourth-order valence-electron chi connectivity index (χ4n) is 2.38. The second kappa shape index (κ2) is 6.68. The number of aromatic nitrogens is 1. The summed E-state index contributed by atoms with van der Waals surface area (Å²) in [6, 6.07) is 0.656. The van der Waals surface area contributed by atoms with Crippen molar-refractivity contribution in [2.24, 2.45) is 0 Å². The molecular weight excluding hydrogens is 256 g/mol. The topological polar surface area (TPSA) is 31.4 Å². The molecule has 1 atom stereocenters. The molecule has 1 aromatic rings. The molecule has 1 saturated heterocycles. The summed E-state index contributed by atoms with van der Waals surface area (Å²) in [5.41, 5.74) is 1.15. The molecule has 1 aromatic heterocycles. The number of likely N-dealkylation sites (N-methyl/N-ethyl adjacent to an activating group) is 1. The first kappa shape index (κ1) is 14.8. The van der Waals surface area contributed by atoms with Crippen molar-refractivity contribution in [3.05, 3.63) is 10.6 Å². The van der Waals surface area contributed by atoms with Gasteiger partial charge in [0.15, 0.2) is 5.13 Å². The predicted molar refractivity (Wildman–Crippen MR) is 83.2 cm³/mol. The van der Waals surface area contributed by atoms with E-state index in [0.717, 1.165) is 17.4 Å². The van der Waals surface area contributed by atoms with Crippen LogP contribution in [0.5, 0.6) is 0 Å². The maximum absolute atomic E-state index is 4.52. The maximum atomic E-state index is 4.52. The highest BCUT2D eigenvalue weighted by molar-refractivity contribution is 7.15. The van der Waals surface area contributed by atoms with Gasteiger partial charge in [-0.1, -0.05) is 0 Å². The molecule has 0 radical (unpaired) electrons. The van der Waals surface area contributed by atoms with Crippen LogP contribution in [0.25, 0.3) is 0 Å². The van der Waals surface area contributed by atoms with E-state index in [1.165, 1.54) is 37.5 Å². The number of rotatable bonds is 5. The number of nitrogens with one attached hydrogen (secondary N) is 1. The molecule has 0 saturated carbocycles. The van der Waals surface area contributed by atoms with Gasteiger partial charge in [-0.25, -0.2) is 4.98 Å². The smallest absolute Gasteiger partial charge is 0.183 e. The Hall–Kier alpha value is -0.650. The van der Waals surface area contributed by atoms with Crippen molar-refractivity contribution in [2.75, 3.05) is 45.1 Å². The van der Waals surface area contributed by atoms with Gasteiger partial charge in [-0.05, 0) is 34.2 Å². The van der Waals surface area contributed by atoms with E-state index in [1.807, 2.05) is 0 Å². The Balaban J connectivity index is 1.70. The van der Waals surface area contributed by atoms with Crippen LogP contribution in [0.4, 0.5) is 5.13 Å². The van der Waals surface area contributed by atoms with Gasteiger partial charge in [-0.2, -0.15) is 0 Å². The number of hydrogen-bond donors (Lipinski definition) is 1. The van der Waals surface area contributed by atoms with Crippen LogP contribution in [0.1, 0.15) is 23.9 Å². The van der Waals surface area contributed by atoms with Crippen molar-refractivity contribution in [1.82, 2.24) is 14.8 Å². The SMILES string of the molecule is Cc1nc(NCC[C@H](C)N2CCN(C)CC2)sc1C. The molecule has 1 aliphatic rings. The monoisotopic (exact) mass is 282 g/mol. The molecule has 0 aliphatic carbocycles. The molecule has 0 bridgehead atoms. The fraction of sp³-hybridized carbons (Fsp3) is 0.786. The van der Waals surface area contributed by atoms with Crippen molar-refractivity contribution >= 4 is 16.5 Å². The molecule has 1 N–H and O–H groups in total. The summed E-state index contributed by atoms with van der Waals surface area (Å²) in [4.78, 5) is 10.8. The van der Waals surface area contributed by atoms with Crippen LogP contribution in [-0.2, 0) is 0 Å². The number of anilines is 1. The van der Waals surface area contributed by atoms with Gasteiger partial charge in [0, 0.05) is 43.6 Å². The Morgan fingerprint density at radius 1 is 1.26 bits per heavy atom. The summed E-state index contributed by atoms with van der Waals surface area (Å²) < 4.78 is 0. The normalized spacial score (nSPS) is 19.6. The van der Waals surface area contributed by atoms with E-state index < -0.39 is 0 Å². The zero-order valence-corrected chi connectivity index (χ0v) is 13.4. The van der Waals surface area contributed by atoms with Crippen LogP contribution in [0, 0.1) is 13.8 Å². The van der Waals surface area contributed by atoms with Crippen LogP contribution in [0.2, 0.25) is 0 Å². The number of nitrogens with zero attached hydrogens (tertiary/aromatic N) is 3. The minimum Gasteiger partial charge on any atom is -0.361 e. The van der Waals surface area contributed by atoms with Gasteiger partial charge in [0.2, 0.25) is 0 Å². The van der Waals surface area contributed by atoms with Gasteiger partial charge < -0.3 is 10.2 Å². The first-order valence-corrected chi connectivity index (χ1v) is 7.98. The molecule has 2 heterocycles. The van der Waals surface area contributed by atoms with Crippen LogP contribution >= 0.6 is 11.3 Å². The van der Waals surface area contributed by atoms with Gasteiger partial charge in [-0.15, -0.1) is 11.3 Å². The van der Waals surface area contributed by atoms with Gasteiger partial charge in [0.05, 0.1) is 5.69 Å². The Labute approximate surface area is 120 Å². The second-order valence-electron chi connectivity index (χ2n) is 5.56. The van der Waals surface area contributed by atoms with Gasteiger partial charge in [0.1, 0.15) is 0 Å². The van der Waals surface area contributed by atoms with E-state index in [9.17, 15) is 0 Å². The van der Waals surface area contributed by atoms with E-state index in [2.05, 4.69) is 47.9 Å². The lowest BCUT2D eigenvalue weighted by Crippen LogP contribution is -2.48. The van der Waals surface area contributed by atoms with E-state index in [0.29, 0.717) is 6.04 Å². The molecule has 1 fully saturated rings. The number of piperazine rings is 1. The minimum atomic E-state index is 0.656. The van der Waals surface area contributed by atoms with E-state index in [-0.39, 0.29) is 0 Å². The van der Waals surface area contributed by atoms with Crippen molar-refractivity contribution in [3.63, 3.8) is 0 Å². The molecule has 19 heavy (non-hydrogen) atoms. The molecule has 0 unspecified atom stereocenters. The molecular formula is C14H26N4S. The largest absolute Gasteiger partial charge is 0.361 e. The number of aryl methyl sites for hydroxylation is 2. The van der Waals surface area contributed by atoms with Crippen LogP contribution in [-0.4, -0.2) is 60.6 Å². The summed E-state index contributed by atoms with van der Waals surface area (Å²) in [7, 11) is 2.21.